The number of aromatic nitrogens is 2. The molecule has 2 heterocycles. The summed E-state index contributed by atoms with van der Waals surface area (Å²) in [5, 5.41) is 1.49. The molecule has 0 radical (unpaired) electrons. The molecule has 5 heteroatoms. The Morgan fingerprint density at radius 1 is 1.16 bits per heavy atom. The molecule has 0 N–H and O–H groups in total. The van der Waals surface area contributed by atoms with Gasteiger partial charge in [0.05, 0.1) is 14.8 Å². The highest BCUT2D eigenvalue weighted by Gasteiger charge is 2.17. The summed E-state index contributed by atoms with van der Waals surface area (Å²) in [5.74, 6) is 1.42. The Bertz CT molecular complexity index is 759. The zero-order chi connectivity index (χ0) is 13.6. The molecule has 0 amide bonds. The third-order valence-corrected chi connectivity index (χ3v) is 4.86. The summed E-state index contributed by atoms with van der Waals surface area (Å²) >= 11 is 8.30. The van der Waals surface area contributed by atoms with Crippen LogP contribution in [-0.2, 0) is 0 Å². The van der Waals surface area contributed by atoms with Gasteiger partial charge < -0.3 is 4.42 Å². The molecule has 2 aromatic heterocycles. The average molecular weight is 385 g/mol. The van der Waals surface area contributed by atoms with Gasteiger partial charge in [0.1, 0.15) is 16.5 Å². The number of para-hydroxylation sites is 1. The monoisotopic (exact) mass is 384 g/mol. The first kappa shape index (κ1) is 12.9. The van der Waals surface area contributed by atoms with Crippen molar-refractivity contribution in [1.82, 2.24) is 9.97 Å². The van der Waals surface area contributed by atoms with Gasteiger partial charge in [-0.2, -0.15) is 0 Å². The van der Waals surface area contributed by atoms with Crippen LogP contribution in [0.4, 0.5) is 0 Å². The summed E-state index contributed by atoms with van der Waals surface area (Å²) in [6.45, 7) is 3.84. The molecule has 3 nitrogen and oxygen atoms in total. The fraction of sp³-hybridized carbons (Fsp3) is 0.143. The molecule has 0 bridgehead atoms. The van der Waals surface area contributed by atoms with Gasteiger partial charge in [-0.15, -0.1) is 0 Å². The smallest absolute Gasteiger partial charge is 0.165 e. The van der Waals surface area contributed by atoms with Crippen LogP contribution in [0.25, 0.3) is 22.4 Å². The summed E-state index contributed by atoms with van der Waals surface area (Å²) < 4.78 is 6.62. The number of hydrogen-bond acceptors (Lipinski definition) is 3. The molecule has 0 saturated heterocycles. The molecular formula is C14H10ClIN2O. The molecule has 0 unspecified atom stereocenters. The van der Waals surface area contributed by atoms with Crippen LogP contribution in [0.2, 0.25) is 5.15 Å². The highest BCUT2D eigenvalue weighted by atomic mass is 127. The van der Waals surface area contributed by atoms with E-state index in [-0.39, 0.29) is 0 Å². The van der Waals surface area contributed by atoms with Crippen molar-refractivity contribution in [2.24, 2.45) is 0 Å². The van der Waals surface area contributed by atoms with Gasteiger partial charge in [-0.05, 0) is 42.5 Å². The predicted molar refractivity (Wildman–Crippen MR) is 84.4 cm³/mol. The van der Waals surface area contributed by atoms with E-state index in [4.69, 9.17) is 16.0 Å². The maximum atomic E-state index is 6.15. The summed E-state index contributed by atoms with van der Waals surface area (Å²) in [6, 6.07) is 7.86. The van der Waals surface area contributed by atoms with Gasteiger partial charge in [0.15, 0.2) is 5.82 Å². The number of benzene rings is 1. The van der Waals surface area contributed by atoms with Crippen molar-refractivity contribution < 1.29 is 4.42 Å². The quantitative estimate of drug-likeness (QED) is 0.448. The number of nitrogens with zero attached hydrogens (tertiary/aromatic N) is 2. The summed E-state index contributed by atoms with van der Waals surface area (Å²) in [6.07, 6.45) is 0. The van der Waals surface area contributed by atoms with Gasteiger partial charge in [0.2, 0.25) is 0 Å². The first-order valence-corrected chi connectivity index (χ1v) is 7.21. The molecule has 0 saturated carbocycles. The minimum atomic E-state index is 0.479. The lowest BCUT2D eigenvalue weighted by Crippen LogP contribution is -1.96. The second-order valence-electron chi connectivity index (χ2n) is 4.27. The SMILES string of the molecule is Cc1nc(-c2c(C)oc3ccccc23)nc(Cl)c1I. The summed E-state index contributed by atoms with van der Waals surface area (Å²) in [4.78, 5) is 8.90. The van der Waals surface area contributed by atoms with E-state index < -0.39 is 0 Å². The normalized spacial score (nSPS) is 11.2. The van der Waals surface area contributed by atoms with E-state index in [0.29, 0.717) is 11.0 Å². The molecule has 3 rings (SSSR count). The number of rotatable bonds is 1. The van der Waals surface area contributed by atoms with Crippen LogP contribution >= 0.6 is 34.2 Å². The van der Waals surface area contributed by atoms with Crippen molar-refractivity contribution in [3.8, 4) is 11.4 Å². The van der Waals surface area contributed by atoms with Crippen LogP contribution in [0, 0.1) is 17.4 Å². The van der Waals surface area contributed by atoms with E-state index in [2.05, 4.69) is 32.6 Å². The topological polar surface area (TPSA) is 38.9 Å². The first-order chi connectivity index (χ1) is 9.08. The van der Waals surface area contributed by atoms with Crippen molar-refractivity contribution in [3.05, 3.63) is 44.4 Å². The second-order valence-corrected chi connectivity index (χ2v) is 5.70. The lowest BCUT2D eigenvalue weighted by atomic mass is 10.1. The molecule has 0 aliphatic carbocycles. The van der Waals surface area contributed by atoms with Crippen molar-refractivity contribution in [2.75, 3.05) is 0 Å². The predicted octanol–water partition coefficient (Wildman–Crippen LogP) is 4.76. The van der Waals surface area contributed by atoms with Crippen molar-refractivity contribution >= 4 is 45.2 Å². The van der Waals surface area contributed by atoms with Crippen LogP contribution in [0.15, 0.2) is 28.7 Å². The van der Waals surface area contributed by atoms with Crippen LogP contribution in [0.3, 0.4) is 0 Å². The highest BCUT2D eigenvalue weighted by Crippen LogP contribution is 2.33. The van der Waals surface area contributed by atoms with Crippen molar-refractivity contribution in [1.29, 1.82) is 0 Å². The van der Waals surface area contributed by atoms with Gasteiger partial charge in [-0.25, -0.2) is 9.97 Å². The average Bonchev–Trinajstić information content (AvgIpc) is 2.71. The van der Waals surface area contributed by atoms with E-state index in [1.807, 2.05) is 38.1 Å². The lowest BCUT2D eigenvalue weighted by Gasteiger charge is -2.04. The molecule has 0 aliphatic rings. The van der Waals surface area contributed by atoms with Crippen LogP contribution in [0.5, 0.6) is 0 Å². The van der Waals surface area contributed by atoms with Gasteiger partial charge >= 0.3 is 0 Å². The molecular weight excluding hydrogens is 375 g/mol. The lowest BCUT2D eigenvalue weighted by molar-refractivity contribution is 0.579. The van der Waals surface area contributed by atoms with Crippen molar-refractivity contribution in [2.45, 2.75) is 13.8 Å². The Labute approximate surface area is 129 Å². The maximum absolute atomic E-state index is 6.15. The Morgan fingerprint density at radius 3 is 2.63 bits per heavy atom. The fourth-order valence-corrected chi connectivity index (χ4v) is 2.54. The fourth-order valence-electron chi connectivity index (χ4n) is 2.08. The molecule has 1 aromatic carbocycles. The summed E-state index contributed by atoms with van der Waals surface area (Å²) in [7, 11) is 0. The Balaban J connectivity index is 2.33. The number of fused-ring (bicyclic) bond motifs is 1. The Morgan fingerprint density at radius 2 is 1.89 bits per heavy atom. The zero-order valence-corrected chi connectivity index (χ0v) is 13.3. The van der Waals surface area contributed by atoms with Crippen LogP contribution in [0.1, 0.15) is 11.5 Å². The molecule has 96 valence electrons. The van der Waals surface area contributed by atoms with Crippen molar-refractivity contribution in [3.63, 3.8) is 0 Å². The Kier molecular flexibility index (Phi) is 3.22. The Hall–Kier alpha value is -1.14. The number of hydrogen-bond donors (Lipinski definition) is 0. The number of furan rings is 1. The standard InChI is InChI=1S/C14H10ClIN2O/c1-7-12(16)13(15)18-14(17-7)11-8(2)19-10-6-4-3-5-9(10)11/h3-6H,1-2H3. The van der Waals surface area contributed by atoms with Gasteiger partial charge in [0.25, 0.3) is 0 Å². The third-order valence-electron chi connectivity index (χ3n) is 2.97. The van der Waals surface area contributed by atoms with E-state index in [1.165, 1.54) is 0 Å². The van der Waals surface area contributed by atoms with Crippen LogP contribution < -0.4 is 0 Å². The minimum absolute atomic E-state index is 0.479. The zero-order valence-electron chi connectivity index (χ0n) is 10.4. The summed E-state index contributed by atoms with van der Waals surface area (Å²) in [5.41, 5.74) is 2.63. The van der Waals surface area contributed by atoms with Gasteiger partial charge in [-0.3, -0.25) is 0 Å². The van der Waals surface area contributed by atoms with E-state index in [0.717, 1.165) is 31.6 Å². The molecule has 3 aromatic rings. The van der Waals surface area contributed by atoms with Gasteiger partial charge in [-0.1, -0.05) is 29.8 Å². The molecule has 0 fully saturated rings. The molecule has 0 atom stereocenters. The van der Waals surface area contributed by atoms with E-state index in [1.54, 1.807) is 0 Å². The molecule has 0 spiro atoms. The van der Waals surface area contributed by atoms with Crippen LogP contribution in [-0.4, -0.2) is 9.97 Å². The molecule has 19 heavy (non-hydrogen) atoms. The second kappa shape index (κ2) is 4.76. The minimum Gasteiger partial charge on any atom is -0.461 e. The van der Waals surface area contributed by atoms with E-state index in [9.17, 15) is 0 Å². The van der Waals surface area contributed by atoms with Gasteiger partial charge in [0, 0.05) is 5.39 Å². The third kappa shape index (κ3) is 2.12. The maximum Gasteiger partial charge on any atom is 0.165 e. The molecule has 0 aliphatic heterocycles. The largest absolute Gasteiger partial charge is 0.461 e. The first-order valence-electron chi connectivity index (χ1n) is 5.76. The van der Waals surface area contributed by atoms with E-state index >= 15 is 0 Å². The number of halogens is 2. The number of aryl methyl sites for hydroxylation is 2. The highest BCUT2D eigenvalue weighted by molar-refractivity contribution is 14.1.